The van der Waals surface area contributed by atoms with Crippen LogP contribution < -0.4 is 16.1 Å². The first-order chi connectivity index (χ1) is 28.9. The molecule has 332 valence electrons. The Morgan fingerprint density at radius 2 is 1.85 bits per heavy atom. The minimum atomic E-state index is -0.302. The Kier molecular flexibility index (Phi) is 21.4. The van der Waals surface area contributed by atoms with Crippen molar-refractivity contribution in [2.24, 2.45) is 17.3 Å². The van der Waals surface area contributed by atoms with Gasteiger partial charge >= 0.3 is 0 Å². The molecule has 4 aromatic rings. The number of hydrogen-bond acceptors (Lipinski definition) is 13. The number of pyridine rings is 1. The first-order valence-electron chi connectivity index (χ1n) is 21.1. The summed E-state index contributed by atoms with van der Waals surface area (Å²) >= 11 is 0. The molecule has 0 amide bonds. The number of hydrazine groups is 1. The summed E-state index contributed by atoms with van der Waals surface area (Å²) in [4.78, 5) is 39.3. The third kappa shape index (κ3) is 14.2. The van der Waals surface area contributed by atoms with Crippen LogP contribution in [-0.2, 0) is 48.0 Å². The largest absolute Gasteiger partial charge is 0.444 e. The molecule has 60 heavy (non-hydrogen) atoms. The van der Waals surface area contributed by atoms with Crippen LogP contribution in [0.15, 0.2) is 47.2 Å². The van der Waals surface area contributed by atoms with Crippen molar-refractivity contribution in [1.82, 2.24) is 35.6 Å². The second kappa shape index (κ2) is 25.6. The Morgan fingerprint density at radius 3 is 2.38 bits per heavy atom. The molecular weight excluding hydrogens is 763 g/mol. The van der Waals surface area contributed by atoms with Gasteiger partial charge in [0.2, 0.25) is 5.89 Å². The van der Waals surface area contributed by atoms with E-state index in [-0.39, 0.29) is 23.5 Å². The van der Waals surface area contributed by atoms with E-state index in [0.29, 0.717) is 37.5 Å². The molecule has 2 aliphatic heterocycles. The summed E-state index contributed by atoms with van der Waals surface area (Å²) in [7, 11) is 7.31. The van der Waals surface area contributed by atoms with Crippen molar-refractivity contribution >= 4 is 30.3 Å². The third-order valence-electron chi connectivity index (χ3n) is 10.9. The molecule has 14 heteroatoms. The Hall–Kier alpha value is -4.15. The summed E-state index contributed by atoms with van der Waals surface area (Å²) in [5.74, 6) is 0.983. The Bertz CT molecular complexity index is 1870. The van der Waals surface area contributed by atoms with E-state index in [9.17, 15) is 9.59 Å². The predicted octanol–water partition coefficient (Wildman–Crippen LogP) is 6.11. The van der Waals surface area contributed by atoms with Crippen LogP contribution in [0.25, 0.3) is 33.6 Å². The SMILES string of the molecule is C=O.CC(C)C(C=O)COC1CNC1.CCn1c(-c2cccnc2C(C)OC)c(CC(C)(C)COC)c2cc(-c3nc(CC(C=O)NC)co3)ccc21.CN1CCCCN1. The summed E-state index contributed by atoms with van der Waals surface area (Å²) in [6.07, 6.45) is 9.49. The minimum Gasteiger partial charge on any atom is -0.444 e. The number of carbonyl (C=O) groups excluding carboxylic acids is 3. The Balaban J connectivity index is 0.000000372. The van der Waals surface area contributed by atoms with Crippen LogP contribution in [0.4, 0.5) is 0 Å². The lowest BCUT2D eigenvalue weighted by atomic mass is 9.84. The highest BCUT2D eigenvalue weighted by molar-refractivity contribution is 5.94. The molecule has 3 atom stereocenters. The molecule has 0 bridgehead atoms. The molecule has 0 spiro atoms. The molecule has 1 aromatic carbocycles. The Morgan fingerprint density at radius 1 is 1.10 bits per heavy atom. The number of benzene rings is 1. The normalized spacial score (nSPS) is 16.0. The molecule has 2 saturated heterocycles. The van der Waals surface area contributed by atoms with E-state index in [1.165, 1.54) is 24.9 Å². The Labute approximate surface area is 357 Å². The number of fused-ring (bicyclic) bond motifs is 1. The van der Waals surface area contributed by atoms with Gasteiger partial charge in [-0.2, -0.15) is 0 Å². The zero-order chi connectivity index (χ0) is 44.2. The molecule has 2 aliphatic rings. The molecule has 0 saturated carbocycles. The smallest absolute Gasteiger partial charge is 0.226 e. The third-order valence-corrected chi connectivity index (χ3v) is 10.9. The number of aromatic nitrogens is 3. The van der Waals surface area contributed by atoms with E-state index in [1.54, 1.807) is 27.5 Å². The van der Waals surface area contributed by atoms with Crippen LogP contribution in [0.1, 0.15) is 77.4 Å². The summed E-state index contributed by atoms with van der Waals surface area (Å²) in [6, 6.07) is 10.2. The van der Waals surface area contributed by atoms with Gasteiger partial charge in [-0.25, -0.2) is 9.99 Å². The van der Waals surface area contributed by atoms with Gasteiger partial charge in [0.15, 0.2) is 0 Å². The molecule has 0 aliphatic carbocycles. The van der Waals surface area contributed by atoms with Crippen molar-refractivity contribution in [3.8, 4) is 22.7 Å². The van der Waals surface area contributed by atoms with Gasteiger partial charge in [0.05, 0.1) is 48.5 Å². The van der Waals surface area contributed by atoms with Gasteiger partial charge < -0.3 is 48.2 Å². The summed E-state index contributed by atoms with van der Waals surface area (Å²) in [6.45, 7) is 21.0. The van der Waals surface area contributed by atoms with Gasteiger partial charge in [0.25, 0.3) is 0 Å². The molecule has 14 nitrogen and oxygen atoms in total. The molecule has 3 unspecified atom stereocenters. The number of aldehydes is 2. The average Bonchev–Trinajstić information content (AvgIpc) is 3.83. The van der Waals surface area contributed by atoms with Crippen LogP contribution in [0.3, 0.4) is 0 Å². The van der Waals surface area contributed by atoms with E-state index in [0.717, 1.165) is 84.3 Å². The van der Waals surface area contributed by atoms with E-state index < -0.39 is 0 Å². The van der Waals surface area contributed by atoms with E-state index in [1.807, 2.05) is 39.8 Å². The highest BCUT2D eigenvalue weighted by Crippen LogP contribution is 2.41. The second-order valence-electron chi connectivity index (χ2n) is 16.5. The van der Waals surface area contributed by atoms with Gasteiger partial charge in [-0.05, 0) is 87.4 Å². The number of nitrogens with zero attached hydrogens (tertiary/aromatic N) is 4. The number of nitrogens with one attached hydrogen (secondary N) is 3. The quantitative estimate of drug-likeness (QED) is 0.0987. The van der Waals surface area contributed by atoms with Crippen LogP contribution in [-0.4, -0.2) is 119 Å². The van der Waals surface area contributed by atoms with Crippen LogP contribution in [0.5, 0.6) is 0 Å². The van der Waals surface area contributed by atoms with Gasteiger partial charge in [0, 0.05) is 94.6 Å². The van der Waals surface area contributed by atoms with Crippen molar-refractivity contribution in [1.29, 1.82) is 0 Å². The van der Waals surface area contributed by atoms with E-state index in [2.05, 4.69) is 77.7 Å². The van der Waals surface area contributed by atoms with Crippen molar-refractivity contribution in [2.45, 2.75) is 92.0 Å². The van der Waals surface area contributed by atoms with Crippen LogP contribution in [0, 0.1) is 17.3 Å². The van der Waals surface area contributed by atoms with E-state index >= 15 is 0 Å². The maximum Gasteiger partial charge on any atom is 0.226 e. The molecule has 5 heterocycles. The fourth-order valence-corrected chi connectivity index (χ4v) is 7.16. The standard InChI is InChI=1S/C31H40N4O4.C9H17NO2.C5H12N2.CH2O/c1-8-35-27-12-11-21(30-34-23(18-39-30)15-22(17-36)32-5)14-25(27)26(16-31(3,4)19-37-6)29(35)24-10-9-13-33-28(24)20(2)38-7;1-7(2)8(5-11)6-12-9-3-10-4-9;1-7-5-3-2-4-6-7;1-2/h9-14,17-18,20,22,32H,8,15-16,19H2,1-7H3;5,7-10H,3-4,6H2,1-2H3;6H,2-5H2,1H3;1H2. The van der Waals surface area contributed by atoms with E-state index in [4.69, 9.17) is 33.4 Å². The van der Waals surface area contributed by atoms with Gasteiger partial charge in [-0.3, -0.25) is 10.4 Å². The highest BCUT2D eigenvalue weighted by Gasteiger charge is 2.28. The number of rotatable bonds is 18. The van der Waals surface area contributed by atoms with Crippen LogP contribution in [0.2, 0.25) is 0 Å². The maximum atomic E-state index is 11.3. The molecule has 3 N–H and O–H groups in total. The molecular formula is C46H71N7O7. The number of oxazole rings is 1. The molecule has 6 rings (SSSR count). The zero-order valence-corrected chi connectivity index (χ0v) is 37.7. The molecule has 2 fully saturated rings. The number of hydrogen-bond donors (Lipinski definition) is 3. The van der Waals surface area contributed by atoms with Crippen molar-refractivity contribution in [2.75, 3.05) is 67.7 Å². The maximum absolute atomic E-state index is 11.3. The predicted molar refractivity (Wildman–Crippen MR) is 238 cm³/mol. The fraction of sp³-hybridized carbons (Fsp3) is 0.587. The zero-order valence-electron chi connectivity index (χ0n) is 37.7. The van der Waals surface area contributed by atoms with Crippen LogP contribution >= 0.6 is 0 Å². The second-order valence-corrected chi connectivity index (χ2v) is 16.5. The molecule has 0 radical (unpaired) electrons. The number of carbonyl (C=O) groups is 3. The first-order valence-corrected chi connectivity index (χ1v) is 21.1. The van der Waals surface area contributed by atoms with Gasteiger partial charge in [-0.1, -0.05) is 27.7 Å². The summed E-state index contributed by atoms with van der Waals surface area (Å²) < 4.78 is 25.0. The lowest BCUT2D eigenvalue weighted by Gasteiger charge is -2.28. The number of aryl methyl sites for hydroxylation is 1. The highest BCUT2D eigenvalue weighted by atomic mass is 16.5. The number of methoxy groups -OCH3 is 2. The van der Waals surface area contributed by atoms with Crippen molar-refractivity contribution < 1.29 is 33.0 Å². The topological polar surface area (TPSA) is 162 Å². The lowest BCUT2D eigenvalue weighted by molar-refractivity contribution is -0.116. The number of likely N-dealkylation sites (N-methyl/N-ethyl adjacent to an activating group) is 1. The number of ether oxygens (including phenoxy) is 3. The summed E-state index contributed by atoms with van der Waals surface area (Å²) in [5, 5.41) is 9.39. The lowest BCUT2D eigenvalue weighted by Crippen LogP contribution is -2.49. The van der Waals surface area contributed by atoms with Crippen molar-refractivity contribution in [3.05, 3.63) is 59.7 Å². The molecule has 3 aromatic heterocycles. The van der Waals surface area contributed by atoms with Gasteiger partial charge in [0.1, 0.15) is 25.6 Å². The minimum absolute atomic E-state index is 0.0607. The van der Waals surface area contributed by atoms with Gasteiger partial charge in [-0.15, -0.1) is 0 Å². The average molecular weight is 834 g/mol. The first kappa shape index (κ1) is 50.2. The fourth-order valence-electron chi connectivity index (χ4n) is 7.16. The van der Waals surface area contributed by atoms with Crippen molar-refractivity contribution in [3.63, 3.8) is 0 Å². The monoisotopic (exact) mass is 834 g/mol. The summed E-state index contributed by atoms with van der Waals surface area (Å²) in [5.41, 5.74) is 10.2.